The van der Waals surface area contributed by atoms with Gasteiger partial charge >= 0.3 is 0 Å². The van der Waals surface area contributed by atoms with Crippen LogP contribution in [-0.2, 0) is 14.9 Å². The number of likely N-dealkylation sites (tertiary alicyclic amines) is 2. The number of hydrogen-bond acceptors (Lipinski definition) is 4. The van der Waals surface area contributed by atoms with Crippen molar-refractivity contribution < 1.29 is 14.3 Å². The topological polar surface area (TPSA) is 42.0 Å². The zero-order valence-corrected chi connectivity index (χ0v) is 17.6. The Hall–Kier alpha value is -1.59. The van der Waals surface area contributed by atoms with Crippen molar-refractivity contribution in [1.82, 2.24) is 9.80 Å². The van der Waals surface area contributed by atoms with Gasteiger partial charge in [0.05, 0.1) is 19.1 Å². The molecule has 2 saturated heterocycles. The first-order chi connectivity index (χ1) is 13.5. The Bertz CT molecular complexity index is 690. The summed E-state index contributed by atoms with van der Waals surface area (Å²) in [6.45, 7) is 3.64. The maximum Gasteiger partial charge on any atom is 0.233 e. The number of benzene rings is 1. The van der Waals surface area contributed by atoms with Crippen LogP contribution in [0.1, 0.15) is 44.1 Å². The van der Waals surface area contributed by atoms with Gasteiger partial charge in [0.25, 0.3) is 0 Å². The van der Waals surface area contributed by atoms with Crippen LogP contribution < -0.4 is 4.74 Å². The number of rotatable bonds is 5. The minimum atomic E-state index is -0.345. The minimum absolute atomic E-state index is 0.267. The second kappa shape index (κ2) is 7.68. The highest BCUT2D eigenvalue weighted by Crippen LogP contribution is 2.47. The van der Waals surface area contributed by atoms with Gasteiger partial charge in [-0.3, -0.25) is 4.79 Å². The van der Waals surface area contributed by atoms with E-state index in [1.165, 1.54) is 12.0 Å². The molecule has 0 bridgehead atoms. The van der Waals surface area contributed by atoms with Crippen molar-refractivity contribution >= 4 is 5.91 Å². The number of amides is 1. The van der Waals surface area contributed by atoms with Gasteiger partial charge in [0.15, 0.2) is 0 Å². The Morgan fingerprint density at radius 2 is 1.75 bits per heavy atom. The van der Waals surface area contributed by atoms with Gasteiger partial charge in [-0.05, 0) is 44.0 Å². The van der Waals surface area contributed by atoms with Crippen LogP contribution >= 0.6 is 0 Å². The lowest BCUT2D eigenvalue weighted by molar-refractivity contribution is -0.150. The molecule has 2 heterocycles. The van der Waals surface area contributed by atoms with Crippen LogP contribution in [0.4, 0.5) is 0 Å². The van der Waals surface area contributed by atoms with E-state index in [2.05, 4.69) is 29.0 Å². The third-order valence-corrected chi connectivity index (χ3v) is 7.33. The molecule has 3 fully saturated rings. The fraction of sp³-hybridized carbons (Fsp3) is 0.696. The van der Waals surface area contributed by atoms with Crippen LogP contribution in [0.15, 0.2) is 24.3 Å². The quantitative estimate of drug-likeness (QED) is 0.780. The van der Waals surface area contributed by atoms with Crippen molar-refractivity contribution in [3.63, 3.8) is 0 Å². The standard InChI is InChI=1S/C23H34N2O3/c1-24-15-22(13-19(24)14-27-2)16-25(17-22)21(26)23(11-5-4-6-12-23)18-7-9-20(28-3)10-8-18/h7-10,19H,4-6,11-17H2,1-3H3. The SMILES string of the molecule is COCC1CC2(CN(C(=O)C3(c4ccc(OC)cc4)CCCCC3)C2)CN1C. The van der Waals surface area contributed by atoms with Gasteiger partial charge < -0.3 is 19.3 Å². The van der Waals surface area contributed by atoms with Crippen molar-refractivity contribution in [1.29, 1.82) is 0 Å². The second-order valence-corrected chi connectivity index (χ2v) is 9.26. The predicted octanol–water partition coefficient (Wildman–Crippen LogP) is 3.08. The van der Waals surface area contributed by atoms with Crippen molar-refractivity contribution in [3.05, 3.63) is 29.8 Å². The summed E-state index contributed by atoms with van der Waals surface area (Å²) >= 11 is 0. The van der Waals surface area contributed by atoms with Crippen LogP contribution in [-0.4, -0.2) is 69.3 Å². The van der Waals surface area contributed by atoms with Gasteiger partial charge in [-0.15, -0.1) is 0 Å². The lowest BCUT2D eigenvalue weighted by Crippen LogP contribution is -2.63. The monoisotopic (exact) mass is 386 g/mol. The molecule has 4 rings (SSSR count). The molecule has 2 aliphatic heterocycles. The summed E-state index contributed by atoms with van der Waals surface area (Å²) < 4.78 is 10.7. The molecule has 1 amide bonds. The van der Waals surface area contributed by atoms with Gasteiger partial charge in [-0.25, -0.2) is 0 Å². The minimum Gasteiger partial charge on any atom is -0.497 e. The smallest absolute Gasteiger partial charge is 0.233 e. The number of carbonyl (C=O) groups is 1. The molecule has 0 radical (unpaired) electrons. The summed E-state index contributed by atoms with van der Waals surface area (Å²) in [5.41, 5.74) is 1.09. The summed E-state index contributed by atoms with van der Waals surface area (Å²) in [4.78, 5) is 18.3. The fourth-order valence-corrected chi connectivity index (χ4v) is 5.89. The molecule has 154 valence electrons. The molecule has 1 spiro atoms. The molecule has 3 aliphatic rings. The Kier molecular flexibility index (Phi) is 5.41. The summed E-state index contributed by atoms with van der Waals surface area (Å²) in [6.07, 6.45) is 6.57. The van der Waals surface area contributed by atoms with Crippen LogP contribution in [0.25, 0.3) is 0 Å². The molecule has 1 aliphatic carbocycles. The van der Waals surface area contributed by atoms with E-state index >= 15 is 0 Å². The third-order valence-electron chi connectivity index (χ3n) is 7.33. The Labute approximate surface area is 169 Å². The van der Waals surface area contributed by atoms with Crippen LogP contribution in [0.5, 0.6) is 5.75 Å². The molecule has 1 atom stereocenters. The average molecular weight is 387 g/mol. The average Bonchev–Trinajstić information content (AvgIpc) is 3.04. The molecule has 0 aromatic heterocycles. The number of nitrogens with zero attached hydrogens (tertiary/aromatic N) is 2. The van der Waals surface area contributed by atoms with Crippen molar-refractivity contribution in [2.75, 3.05) is 47.5 Å². The first kappa shape index (κ1) is 19.7. The maximum absolute atomic E-state index is 13.7. The van der Waals surface area contributed by atoms with Crippen LogP contribution in [0.2, 0.25) is 0 Å². The first-order valence-corrected chi connectivity index (χ1v) is 10.7. The highest BCUT2D eigenvalue weighted by Gasteiger charge is 2.55. The summed E-state index contributed by atoms with van der Waals surface area (Å²) in [5, 5.41) is 0. The highest BCUT2D eigenvalue weighted by atomic mass is 16.5. The second-order valence-electron chi connectivity index (χ2n) is 9.26. The van der Waals surface area contributed by atoms with E-state index in [0.717, 1.165) is 64.1 Å². The largest absolute Gasteiger partial charge is 0.497 e. The van der Waals surface area contributed by atoms with Gasteiger partial charge in [-0.2, -0.15) is 0 Å². The molecule has 5 heteroatoms. The third kappa shape index (κ3) is 3.33. The number of likely N-dealkylation sites (N-methyl/N-ethyl adjacent to an activating group) is 1. The Morgan fingerprint density at radius 1 is 1.07 bits per heavy atom. The molecule has 0 N–H and O–H groups in total. The molecule has 1 saturated carbocycles. The molecular weight excluding hydrogens is 352 g/mol. The summed E-state index contributed by atoms with van der Waals surface area (Å²) in [5.74, 6) is 1.20. The molecule has 5 nitrogen and oxygen atoms in total. The Morgan fingerprint density at radius 3 is 2.36 bits per heavy atom. The van der Waals surface area contributed by atoms with Crippen LogP contribution in [0.3, 0.4) is 0 Å². The number of methoxy groups -OCH3 is 2. The molecule has 1 aromatic carbocycles. The normalized spacial score (nSPS) is 26.2. The molecule has 28 heavy (non-hydrogen) atoms. The van der Waals surface area contributed by atoms with E-state index in [-0.39, 0.29) is 10.8 Å². The highest BCUT2D eigenvalue weighted by molar-refractivity contribution is 5.89. The van der Waals surface area contributed by atoms with E-state index in [4.69, 9.17) is 9.47 Å². The zero-order valence-electron chi connectivity index (χ0n) is 17.6. The van der Waals surface area contributed by atoms with Crippen molar-refractivity contribution in [2.24, 2.45) is 5.41 Å². The summed E-state index contributed by atoms with van der Waals surface area (Å²) in [6, 6.07) is 8.69. The maximum atomic E-state index is 13.7. The predicted molar refractivity (Wildman–Crippen MR) is 110 cm³/mol. The van der Waals surface area contributed by atoms with E-state index in [1.54, 1.807) is 14.2 Å². The van der Waals surface area contributed by atoms with Crippen molar-refractivity contribution in [2.45, 2.75) is 50.0 Å². The van der Waals surface area contributed by atoms with E-state index in [0.29, 0.717) is 11.9 Å². The fourth-order valence-electron chi connectivity index (χ4n) is 5.89. The van der Waals surface area contributed by atoms with Gasteiger partial charge in [0.2, 0.25) is 5.91 Å². The van der Waals surface area contributed by atoms with Crippen LogP contribution in [0, 0.1) is 5.41 Å². The zero-order chi connectivity index (χ0) is 19.8. The summed E-state index contributed by atoms with van der Waals surface area (Å²) in [7, 11) is 5.64. The van der Waals surface area contributed by atoms with Crippen molar-refractivity contribution in [3.8, 4) is 5.75 Å². The van der Waals surface area contributed by atoms with E-state index in [1.807, 2.05) is 12.1 Å². The Balaban J connectivity index is 1.50. The van der Waals surface area contributed by atoms with Gasteiger partial charge in [-0.1, -0.05) is 31.4 Å². The van der Waals surface area contributed by atoms with E-state index < -0.39 is 0 Å². The lowest BCUT2D eigenvalue weighted by Gasteiger charge is -2.52. The lowest BCUT2D eigenvalue weighted by atomic mass is 9.66. The number of hydrogen-bond donors (Lipinski definition) is 0. The molecular formula is C23H34N2O3. The number of carbonyl (C=O) groups excluding carboxylic acids is 1. The van der Waals surface area contributed by atoms with E-state index in [9.17, 15) is 4.79 Å². The van der Waals surface area contributed by atoms with Gasteiger partial charge in [0, 0.05) is 38.2 Å². The first-order valence-electron chi connectivity index (χ1n) is 10.7. The van der Waals surface area contributed by atoms with Gasteiger partial charge in [0.1, 0.15) is 5.75 Å². The molecule has 1 unspecified atom stereocenters. The number of ether oxygens (including phenoxy) is 2. The molecule has 1 aromatic rings.